The third kappa shape index (κ3) is 4.13. The topological polar surface area (TPSA) is 86.4 Å². The van der Waals surface area contributed by atoms with Gasteiger partial charge in [-0.05, 0) is 49.7 Å². The maximum atomic E-state index is 12.4. The summed E-state index contributed by atoms with van der Waals surface area (Å²) in [5, 5.41) is 3.42. The van der Waals surface area contributed by atoms with Gasteiger partial charge in [0, 0.05) is 23.4 Å². The number of oxazole rings is 1. The second kappa shape index (κ2) is 8.54. The van der Waals surface area contributed by atoms with Crippen molar-refractivity contribution in [3.05, 3.63) is 64.0 Å². The van der Waals surface area contributed by atoms with Gasteiger partial charge in [0.25, 0.3) is 0 Å². The Morgan fingerprint density at radius 1 is 1.20 bits per heavy atom. The van der Waals surface area contributed by atoms with Gasteiger partial charge in [-0.1, -0.05) is 12.1 Å². The number of thiazole rings is 1. The predicted octanol–water partition coefficient (Wildman–Crippen LogP) is 4.45. The number of aromatic nitrogens is 2. The molecule has 7 nitrogen and oxygen atoms in total. The monoisotopic (exact) mass is 423 g/mol. The maximum absolute atomic E-state index is 12.4. The number of anilines is 1. The quantitative estimate of drug-likeness (QED) is 0.474. The number of carbonyl (C=O) groups excluding carboxylic acids is 1. The van der Waals surface area contributed by atoms with E-state index in [-0.39, 0.29) is 12.3 Å². The molecule has 0 unspecified atom stereocenters. The predicted molar refractivity (Wildman–Crippen MR) is 117 cm³/mol. The molecule has 1 N–H and O–H groups in total. The van der Waals surface area contributed by atoms with Gasteiger partial charge in [0.1, 0.15) is 5.75 Å². The lowest BCUT2D eigenvalue weighted by molar-refractivity contribution is -0.116. The Balaban J connectivity index is 1.37. The molecule has 0 aliphatic heterocycles. The number of ether oxygens (including phenoxy) is 1. The van der Waals surface area contributed by atoms with Crippen LogP contribution in [-0.2, 0) is 11.3 Å². The normalized spacial score (nSPS) is 11.0. The van der Waals surface area contributed by atoms with Crippen LogP contribution in [0.5, 0.6) is 5.75 Å². The third-order valence-corrected chi connectivity index (χ3v) is 5.65. The molecule has 1 amide bonds. The molecule has 2 heterocycles. The average Bonchev–Trinajstić information content (AvgIpc) is 3.27. The van der Waals surface area contributed by atoms with Crippen LogP contribution in [0.1, 0.15) is 17.7 Å². The van der Waals surface area contributed by atoms with E-state index >= 15 is 0 Å². The van der Waals surface area contributed by atoms with Gasteiger partial charge in [-0.25, -0.2) is 9.78 Å². The molecule has 4 aromatic rings. The van der Waals surface area contributed by atoms with Crippen LogP contribution in [0.3, 0.4) is 0 Å². The first-order chi connectivity index (χ1) is 14.5. The zero-order chi connectivity index (χ0) is 21.1. The van der Waals surface area contributed by atoms with Crippen molar-refractivity contribution >= 4 is 33.5 Å². The van der Waals surface area contributed by atoms with Crippen LogP contribution in [0.4, 0.5) is 5.13 Å². The molecule has 8 heteroatoms. The minimum absolute atomic E-state index is 0.133. The van der Waals surface area contributed by atoms with Crippen LogP contribution >= 0.6 is 11.3 Å². The Hall–Kier alpha value is -3.39. The molecule has 0 aliphatic rings. The van der Waals surface area contributed by atoms with E-state index in [1.54, 1.807) is 17.7 Å². The summed E-state index contributed by atoms with van der Waals surface area (Å²) in [5.74, 6) is 0.242. The molecule has 0 aliphatic carbocycles. The van der Waals surface area contributed by atoms with Crippen molar-refractivity contribution < 1.29 is 13.9 Å². The minimum Gasteiger partial charge on any atom is -0.497 e. The molecule has 154 valence electrons. The summed E-state index contributed by atoms with van der Waals surface area (Å²) in [6, 6.07) is 14.9. The highest BCUT2D eigenvalue weighted by molar-refractivity contribution is 7.16. The summed E-state index contributed by atoms with van der Waals surface area (Å²) in [6.07, 6.45) is 0.799. The van der Waals surface area contributed by atoms with E-state index in [0.717, 1.165) is 27.4 Å². The number of rotatable bonds is 7. The van der Waals surface area contributed by atoms with Gasteiger partial charge in [-0.3, -0.25) is 9.36 Å². The van der Waals surface area contributed by atoms with Crippen molar-refractivity contribution in [2.75, 3.05) is 12.4 Å². The first-order valence-corrected chi connectivity index (χ1v) is 10.4. The average molecular weight is 423 g/mol. The smallest absolute Gasteiger partial charge is 0.419 e. The molecule has 30 heavy (non-hydrogen) atoms. The molecule has 0 saturated carbocycles. The van der Waals surface area contributed by atoms with Crippen molar-refractivity contribution in [1.82, 2.24) is 9.55 Å². The lowest BCUT2D eigenvalue weighted by Crippen LogP contribution is -2.17. The number of aryl methyl sites for hydroxylation is 2. The molecule has 4 rings (SSSR count). The first-order valence-electron chi connectivity index (χ1n) is 9.55. The van der Waals surface area contributed by atoms with Crippen LogP contribution in [0.15, 0.2) is 57.7 Å². The molecular weight excluding hydrogens is 402 g/mol. The fourth-order valence-electron chi connectivity index (χ4n) is 3.27. The number of hydrogen-bond donors (Lipinski definition) is 1. The van der Waals surface area contributed by atoms with Gasteiger partial charge in [0.2, 0.25) is 5.91 Å². The molecule has 0 saturated heterocycles. The van der Waals surface area contributed by atoms with Gasteiger partial charge in [-0.15, -0.1) is 11.3 Å². The number of para-hydroxylation sites is 2. The van der Waals surface area contributed by atoms with E-state index in [0.29, 0.717) is 23.7 Å². The van der Waals surface area contributed by atoms with Gasteiger partial charge in [0.15, 0.2) is 10.7 Å². The first kappa shape index (κ1) is 19.9. The highest BCUT2D eigenvalue weighted by atomic mass is 32.1. The zero-order valence-electron chi connectivity index (χ0n) is 16.7. The number of fused-ring (bicyclic) bond motifs is 1. The Kier molecular flexibility index (Phi) is 5.67. The van der Waals surface area contributed by atoms with Crippen molar-refractivity contribution in [2.24, 2.45) is 0 Å². The largest absolute Gasteiger partial charge is 0.497 e. The summed E-state index contributed by atoms with van der Waals surface area (Å²) in [6.45, 7) is 2.39. The van der Waals surface area contributed by atoms with Crippen LogP contribution in [0, 0.1) is 6.92 Å². The van der Waals surface area contributed by atoms with E-state index in [2.05, 4.69) is 10.3 Å². The van der Waals surface area contributed by atoms with E-state index in [1.165, 1.54) is 11.3 Å². The Bertz CT molecular complexity index is 1240. The Morgan fingerprint density at radius 3 is 2.73 bits per heavy atom. The van der Waals surface area contributed by atoms with E-state index in [1.807, 2.05) is 49.4 Å². The fourth-order valence-corrected chi connectivity index (χ4v) is 4.12. The number of methoxy groups -OCH3 is 1. The highest BCUT2D eigenvalue weighted by Crippen LogP contribution is 2.31. The van der Waals surface area contributed by atoms with Gasteiger partial charge in [0.05, 0.1) is 18.3 Å². The number of hydrogen-bond acceptors (Lipinski definition) is 6. The van der Waals surface area contributed by atoms with E-state index < -0.39 is 5.76 Å². The summed E-state index contributed by atoms with van der Waals surface area (Å²) < 4.78 is 12.0. The number of benzene rings is 2. The lowest BCUT2D eigenvalue weighted by atomic mass is 10.1. The van der Waals surface area contributed by atoms with E-state index in [4.69, 9.17) is 9.15 Å². The summed E-state index contributed by atoms with van der Waals surface area (Å²) in [7, 11) is 1.63. The second-order valence-corrected chi connectivity index (χ2v) is 7.99. The molecule has 0 spiro atoms. The van der Waals surface area contributed by atoms with Gasteiger partial charge < -0.3 is 14.5 Å². The lowest BCUT2D eigenvalue weighted by Gasteiger charge is -2.03. The number of nitrogens with zero attached hydrogens (tertiary/aromatic N) is 2. The Morgan fingerprint density at radius 2 is 1.97 bits per heavy atom. The highest BCUT2D eigenvalue weighted by Gasteiger charge is 2.13. The third-order valence-electron chi connectivity index (χ3n) is 4.77. The van der Waals surface area contributed by atoms with Crippen molar-refractivity contribution in [3.8, 4) is 17.0 Å². The van der Waals surface area contributed by atoms with Crippen molar-refractivity contribution in [1.29, 1.82) is 0 Å². The van der Waals surface area contributed by atoms with Gasteiger partial charge in [-0.2, -0.15) is 0 Å². The standard InChI is InChI=1S/C22H21N3O4S/c1-14-20(15-9-11-16(28-2)12-10-15)24-21(30-14)23-19(26)8-5-13-25-17-6-3-4-7-18(17)29-22(25)27/h3-4,6-7,9-12H,5,8,13H2,1-2H3,(H,23,24,26). The minimum atomic E-state index is -0.406. The van der Waals surface area contributed by atoms with Gasteiger partial charge >= 0.3 is 5.76 Å². The van der Waals surface area contributed by atoms with Crippen LogP contribution in [0.25, 0.3) is 22.4 Å². The van der Waals surface area contributed by atoms with Crippen LogP contribution in [0.2, 0.25) is 0 Å². The Labute approximate surface area is 176 Å². The number of amides is 1. The van der Waals surface area contributed by atoms with Crippen molar-refractivity contribution in [3.63, 3.8) is 0 Å². The fraction of sp³-hybridized carbons (Fsp3) is 0.227. The maximum Gasteiger partial charge on any atom is 0.419 e. The van der Waals surface area contributed by atoms with Crippen LogP contribution in [-0.4, -0.2) is 22.6 Å². The summed E-state index contributed by atoms with van der Waals surface area (Å²) in [4.78, 5) is 29.9. The summed E-state index contributed by atoms with van der Waals surface area (Å²) >= 11 is 1.44. The number of nitrogens with one attached hydrogen (secondary N) is 1. The molecule has 0 atom stereocenters. The molecule has 0 radical (unpaired) electrons. The van der Waals surface area contributed by atoms with E-state index in [9.17, 15) is 9.59 Å². The number of carbonyl (C=O) groups is 1. The van der Waals surface area contributed by atoms with Crippen molar-refractivity contribution in [2.45, 2.75) is 26.3 Å². The summed E-state index contributed by atoms with van der Waals surface area (Å²) in [5.41, 5.74) is 3.10. The molecule has 0 bridgehead atoms. The van der Waals surface area contributed by atoms with Crippen LogP contribution < -0.4 is 15.8 Å². The molecule has 2 aromatic carbocycles. The zero-order valence-corrected chi connectivity index (χ0v) is 17.5. The molecular formula is C22H21N3O4S. The SMILES string of the molecule is COc1ccc(-c2nc(NC(=O)CCCn3c(=O)oc4ccccc43)sc2C)cc1. The molecule has 0 fully saturated rings. The second-order valence-electron chi connectivity index (χ2n) is 6.79. The molecule has 2 aromatic heterocycles.